The summed E-state index contributed by atoms with van der Waals surface area (Å²) >= 11 is 0. The van der Waals surface area contributed by atoms with Crippen molar-refractivity contribution < 1.29 is 4.79 Å². The Hall–Kier alpha value is -2.58. The molecule has 6 radical (unpaired) electrons. The van der Waals surface area contributed by atoms with Crippen LogP contribution in [0.3, 0.4) is 0 Å². The largest absolute Gasteiger partial charge is 0.320 e. The molecule has 2 aromatic heterocycles. The number of piperazine rings is 1. The molecule has 7 nitrogen and oxygen atoms in total. The Morgan fingerprint density at radius 2 is 1.83 bits per heavy atom. The number of aromatic nitrogens is 3. The third-order valence-corrected chi connectivity index (χ3v) is 5.31. The van der Waals surface area contributed by atoms with E-state index >= 15 is 0 Å². The topological polar surface area (TPSA) is 66.3 Å². The lowest BCUT2D eigenvalue weighted by atomic mass is 9.48. The average molecular weight is 394 g/mol. The van der Waals surface area contributed by atoms with Gasteiger partial charge < -0.3 is 10.2 Å². The summed E-state index contributed by atoms with van der Waals surface area (Å²) in [6.45, 7) is 2.83. The number of benzene rings is 1. The SMILES string of the molecule is [B]C([B])([B])N1CCN(CC(=O)Nc2cc3cc(-c4cnn(C)c4)ccc3cn2)CC1. The lowest BCUT2D eigenvalue weighted by Gasteiger charge is -2.43. The van der Waals surface area contributed by atoms with Gasteiger partial charge in [0.25, 0.3) is 0 Å². The van der Waals surface area contributed by atoms with Crippen molar-refractivity contribution in [1.29, 1.82) is 0 Å². The van der Waals surface area contributed by atoms with Crippen molar-refractivity contribution in [2.75, 3.05) is 38.0 Å². The van der Waals surface area contributed by atoms with Gasteiger partial charge in [0.05, 0.1) is 36.3 Å². The Labute approximate surface area is 180 Å². The first-order chi connectivity index (χ1) is 14.3. The fourth-order valence-corrected chi connectivity index (χ4v) is 3.64. The number of carbonyl (C=O) groups excluding carboxylic acids is 1. The van der Waals surface area contributed by atoms with Crippen LogP contribution in [-0.4, -0.2) is 92.0 Å². The summed E-state index contributed by atoms with van der Waals surface area (Å²) in [7, 11) is 19.1. The molecule has 146 valence electrons. The molecular weight excluding hydrogens is 373 g/mol. The highest BCUT2D eigenvalue weighted by Crippen LogP contribution is 2.25. The number of nitrogens with one attached hydrogen (secondary N) is 1. The van der Waals surface area contributed by atoms with Gasteiger partial charge in [0.1, 0.15) is 5.82 Å². The van der Waals surface area contributed by atoms with E-state index in [1.54, 1.807) is 15.8 Å². The van der Waals surface area contributed by atoms with Gasteiger partial charge in [-0.25, -0.2) is 4.98 Å². The Balaban J connectivity index is 1.40. The first kappa shape index (κ1) is 20.7. The maximum Gasteiger partial charge on any atom is 0.239 e. The molecule has 1 amide bonds. The van der Waals surface area contributed by atoms with Gasteiger partial charge in [0.2, 0.25) is 5.91 Å². The molecule has 1 aliphatic rings. The molecule has 4 rings (SSSR count). The molecule has 0 saturated carbocycles. The summed E-state index contributed by atoms with van der Waals surface area (Å²) in [5.74, 6) is 0.414. The fourth-order valence-electron chi connectivity index (χ4n) is 3.64. The molecule has 1 aromatic carbocycles. The van der Waals surface area contributed by atoms with Crippen molar-refractivity contribution in [3.05, 3.63) is 42.9 Å². The van der Waals surface area contributed by atoms with Crippen LogP contribution in [-0.2, 0) is 11.8 Å². The average Bonchev–Trinajstić information content (AvgIpc) is 3.13. The normalized spacial score (nSPS) is 16.0. The number of pyridine rings is 1. The van der Waals surface area contributed by atoms with E-state index in [1.165, 1.54) is 0 Å². The molecule has 3 heterocycles. The molecule has 1 aliphatic heterocycles. The number of rotatable bonds is 5. The van der Waals surface area contributed by atoms with Crippen LogP contribution in [0.1, 0.15) is 0 Å². The minimum atomic E-state index is -1.32. The van der Waals surface area contributed by atoms with Crippen molar-refractivity contribution in [1.82, 2.24) is 24.6 Å². The second-order valence-corrected chi connectivity index (χ2v) is 7.73. The molecule has 1 N–H and O–H groups in total. The van der Waals surface area contributed by atoms with Crippen LogP contribution in [0, 0.1) is 0 Å². The van der Waals surface area contributed by atoms with Gasteiger partial charge >= 0.3 is 0 Å². The molecule has 0 bridgehead atoms. The van der Waals surface area contributed by atoms with Crippen molar-refractivity contribution in [2.45, 2.75) is 5.24 Å². The zero-order chi connectivity index (χ0) is 21.3. The van der Waals surface area contributed by atoms with Crippen LogP contribution in [0.5, 0.6) is 0 Å². The zero-order valence-electron chi connectivity index (χ0n) is 17.0. The highest BCUT2D eigenvalue weighted by atomic mass is 16.2. The monoisotopic (exact) mass is 394 g/mol. The minimum absolute atomic E-state index is 0.113. The van der Waals surface area contributed by atoms with E-state index in [-0.39, 0.29) is 12.5 Å². The molecule has 0 atom stereocenters. The second kappa shape index (κ2) is 8.28. The van der Waals surface area contributed by atoms with E-state index in [1.807, 2.05) is 42.5 Å². The standard InChI is InChI=1S/C20H21B3N6O/c1-27-12-17(11-25-27)14-2-3-15-10-24-18(9-16(15)8-14)26-19(30)13-28-4-6-29(7-5-28)20(21,22)23/h2-3,8-12H,4-7,13H2,1H3,(H,24,26,30). The van der Waals surface area contributed by atoms with Gasteiger partial charge in [-0.05, 0) is 23.1 Å². The summed E-state index contributed by atoms with van der Waals surface area (Å²) in [5, 5.41) is 7.80. The van der Waals surface area contributed by atoms with Gasteiger partial charge in [-0.15, -0.1) is 0 Å². The third kappa shape index (κ3) is 4.76. The number of anilines is 1. The molecule has 0 unspecified atom stereocenters. The Kier molecular flexibility index (Phi) is 5.71. The smallest absolute Gasteiger partial charge is 0.239 e. The van der Waals surface area contributed by atoms with Crippen LogP contribution in [0.25, 0.3) is 21.9 Å². The number of hydrogen-bond donors (Lipinski definition) is 1. The van der Waals surface area contributed by atoms with E-state index in [9.17, 15) is 4.79 Å². The predicted molar refractivity (Wildman–Crippen MR) is 121 cm³/mol. The lowest BCUT2D eigenvalue weighted by Crippen LogP contribution is -2.59. The maximum atomic E-state index is 12.5. The summed E-state index contributed by atoms with van der Waals surface area (Å²) < 4.78 is 1.77. The van der Waals surface area contributed by atoms with Crippen molar-refractivity contribution in [2.24, 2.45) is 7.05 Å². The Bertz CT molecular complexity index is 1060. The molecule has 3 aromatic rings. The summed E-state index contributed by atoms with van der Waals surface area (Å²) in [6, 6.07) is 8.01. The minimum Gasteiger partial charge on any atom is -0.320 e. The number of fused-ring (bicyclic) bond motifs is 1. The van der Waals surface area contributed by atoms with Crippen molar-refractivity contribution >= 4 is 46.0 Å². The van der Waals surface area contributed by atoms with Gasteiger partial charge in [-0.3, -0.25) is 14.4 Å². The quantitative estimate of drug-likeness (QED) is 0.632. The molecular formula is C20H21B3N6O. The van der Waals surface area contributed by atoms with Gasteiger partial charge in [0.15, 0.2) is 0 Å². The van der Waals surface area contributed by atoms with Crippen molar-refractivity contribution in [3.8, 4) is 11.1 Å². The molecule has 1 fully saturated rings. The maximum absolute atomic E-state index is 12.5. The predicted octanol–water partition coefficient (Wildman–Crippen LogP) is 0.308. The second-order valence-electron chi connectivity index (χ2n) is 7.73. The number of carbonyl (C=O) groups is 1. The number of nitrogens with zero attached hydrogens (tertiary/aromatic N) is 5. The highest BCUT2D eigenvalue weighted by molar-refractivity contribution is 6.59. The van der Waals surface area contributed by atoms with Crippen LogP contribution in [0.2, 0.25) is 0 Å². The third-order valence-electron chi connectivity index (χ3n) is 5.31. The van der Waals surface area contributed by atoms with E-state index in [0.717, 1.165) is 21.9 Å². The fraction of sp³-hybridized carbons (Fsp3) is 0.350. The van der Waals surface area contributed by atoms with Crippen LogP contribution in [0.15, 0.2) is 42.9 Å². The molecule has 30 heavy (non-hydrogen) atoms. The lowest BCUT2D eigenvalue weighted by molar-refractivity contribution is -0.117. The van der Waals surface area contributed by atoms with Gasteiger partial charge in [-0.1, -0.05) is 17.4 Å². The zero-order valence-corrected chi connectivity index (χ0v) is 17.0. The summed E-state index contributed by atoms with van der Waals surface area (Å²) in [5.41, 5.74) is 2.10. The molecule has 0 spiro atoms. The van der Waals surface area contributed by atoms with Gasteiger partial charge in [-0.2, -0.15) is 5.10 Å². The molecule has 1 saturated heterocycles. The first-order valence-corrected chi connectivity index (χ1v) is 9.81. The summed E-state index contributed by atoms with van der Waals surface area (Å²) in [4.78, 5) is 20.7. The van der Waals surface area contributed by atoms with E-state index in [4.69, 9.17) is 23.5 Å². The van der Waals surface area contributed by atoms with Crippen LogP contribution in [0.4, 0.5) is 5.82 Å². The van der Waals surface area contributed by atoms with Crippen molar-refractivity contribution in [3.63, 3.8) is 0 Å². The van der Waals surface area contributed by atoms with Gasteiger partial charge in [0, 0.05) is 56.6 Å². The number of amides is 1. The van der Waals surface area contributed by atoms with Crippen LogP contribution < -0.4 is 5.32 Å². The van der Waals surface area contributed by atoms with E-state index in [0.29, 0.717) is 32.0 Å². The van der Waals surface area contributed by atoms with E-state index < -0.39 is 5.24 Å². The van der Waals surface area contributed by atoms with Crippen LogP contribution >= 0.6 is 0 Å². The van der Waals surface area contributed by atoms with E-state index in [2.05, 4.69) is 21.5 Å². The molecule has 0 aliphatic carbocycles. The summed E-state index contributed by atoms with van der Waals surface area (Å²) in [6.07, 6.45) is 5.56. The first-order valence-electron chi connectivity index (χ1n) is 9.81. The molecule has 10 heteroatoms. The Morgan fingerprint density at radius 3 is 2.50 bits per heavy atom. The number of hydrogen-bond acceptors (Lipinski definition) is 5. The highest BCUT2D eigenvalue weighted by Gasteiger charge is 2.25. The Morgan fingerprint density at radius 1 is 1.07 bits per heavy atom. The number of aryl methyl sites for hydroxylation is 1.